The van der Waals surface area contributed by atoms with Gasteiger partial charge in [0.25, 0.3) is 0 Å². The van der Waals surface area contributed by atoms with Crippen LogP contribution in [0.5, 0.6) is 11.5 Å². The van der Waals surface area contributed by atoms with Crippen LogP contribution >= 0.6 is 11.3 Å². The van der Waals surface area contributed by atoms with E-state index in [9.17, 15) is 4.79 Å². The molecule has 1 aromatic heterocycles. The molecule has 0 saturated carbocycles. The Morgan fingerprint density at radius 2 is 2.00 bits per heavy atom. The van der Waals surface area contributed by atoms with Gasteiger partial charge in [-0.2, -0.15) is 0 Å². The third-order valence-electron chi connectivity index (χ3n) is 3.12. The van der Waals surface area contributed by atoms with Gasteiger partial charge >= 0.3 is 0 Å². The number of nitrogens with one attached hydrogen (secondary N) is 1. The maximum atomic E-state index is 12.1. The van der Waals surface area contributed by atoms with Gasteiger partial charge in [-0.3, -0.25) is 4.79 Å². The lowest BCUT2D eigenvalue weighted by Crippen LogP contribution is -2.25. The van der Waals surface area contributed by atoms with E-state index in [1.807, 2.05) is 6.07 Å². The molecule has 112 valence electrons. The summed E-state index contributed by atoms with van der Waals surface area (Å²) in [5.41, 5.74) is 0.622. The van der Waals surface area contributed by atoms with E-state index in [2.05, 4.69) is 16.8 Å². The van der Waals surface area contributed by atoms with Gasteiger partial charge in [0, 0.05) is 17.0 Å². The molecule has 0 saturated heterocycles. The molecule has 21 heavy (non-hydrogen) atoms. The van der Waals surface area contributed by atoms with Gasteiger partial charge in [0.2, 0.25) is 0 Å². The summed E-state index contributed by atoms with van der Waals surface area (Å²) < 4.78 is 10.4. The Bertz CT molecular complexity index is 581. The number of carbonyl (C=O) groups excluding carboxylic acids is 1. The lowest BCUT2D eigenvalue weighted by Gasteiger charge is -2.09. The van der Waals surface area contributed by atoms with E-state index in [4.69, 9.17) is 9.47 Å². The van der Waals surface area contributed by atoms with Crippen molar-refractivity contribution in [2.75, 3.05) is 27.3 Å². The number of Topliss-reactive ketones (excluding diaryl/α,β-unsaturated/α-hetero) is 1. The first kappa shape index (κ1) is 15.5. The van der Waals surface area contributed by atoms with Gasteiger partial charge in [0.1, 0.15) is 0 Å². The Labute approximate surface area is 128 Å². The zero-order valence-corrected chi connectivity index (χ0v) is 13.0. The summed E-state index contributed by atoms with van der Waals surface area (Å²) in [6.45, 7) is 1.11. The maximum absolute atomic E-state index is 12.1. The molecule has 1 heterocycles. The van der Waals surface area contributed by atoms with E-state index in [0.29, 0.717) is 23.6 Å². The SMILES string of the molecule is COc1ccc(C(=O)CNCCc2cccs2)cc1OC. The summed E-state index contributed by atoms with van der Waals surface area (Å²) in [5, 5.41) is 5.23. The number of ether oxygens (including phenoxy) is 2. The van der Waals surface area contributed by atoms with Gasteiger partial charge in [-0.1, -0.05) is 6.07 Å². The Kier molecular flexibility index (Phi) is 5.78. The van der Waals surface area contributed by atoms with Crippen molar-refractivity contribution < 1.29 is 14.3 Å². The molecule has 2 rings (SSSR count). The first-order valence-corrected chi connectivity index (χ1v) is 7.61. The fourth-order valence-corrected chi connectivity index (χ4v) is 2.69. The number of benzene rings is 1. The molecule has 4 nitrogen and oxygen atoms in total. The second-order valence-corrected chi connectivity index (χ2v) is 5.53. The van der Waals surface area contributed by atoms with Crippen molar-refractivity contribution in [2.24, 2.45) is 0 Å². The molecule has 1 aromatic carbocycles. The van der Waals surface area contributed by atoms with Gasteiger partial charge < -0.3 is 14.8 Å². The van der Waals surface area contributed by atoms with Crippen LogP contribution in [0, 0.1) is 0 Å². The van der Waals surface area contributed by atoms with Gasteiger partial charge in [-0.15, -0.1) is 11.3 Å². The predicted molar refractivity (Wildman–Crippen MR) is 84.8 cm³/mol. The minimum absolute atomic E-state index is 0.0436. The molecule has 0 fully saturated rings. The van der Waals surface area contributed by atoms with Crippen LogP contribution in [0.2, 0.25) is 0 Å². The Balaban J connectivity index is 1.85. The summed E-state index contributed by atoms with van der Waals surface area (Å²) in [5.74, 6) is 1.24. The zero-order chi connectivity index (χ0) is 15.1. The van der Waals surface area contributed by atoms with E-state index in [-0.39, 0.29) is 5.78 Å². The zero-order valence-electron chi connectivity index (χ0n) is 12.2. The summed E-state index contributed by atoms with van der Waals surface area (Å²) in [6.07, 6.45) is 0.941. The molecule has 0 radical (unpaired) electrons. The molecule has 0 unspecified atom stereocenters. The molecule has 0 aliphatic carbocycles. The number of rotatable bonds is 8. The monoisotopic (exact) mass is 305 g/mol. The molecule has 0 aliphatic rings. The summed E-state index contributed by atoms with van der Waals surface area (Å²) in [6, 6.07) is 9.35. The Morgan fingerprint density at radius 1 is 1.19 bits per heavy atom. The fraction of sp³-hybridized carbons (Fsp3) is 0.312. The number of thiophene rings is 1. The number of methoxy groups -OCH3 is 2. The third-order valence-corrected chi connectivity index (χ3v) is 4.06. The van der Waals surface area contributed by atoms with Crippen LogP contribution in [-0.4, -0.2) is 33.1 Å². The number of carbonyl (C=O) groups is 1. The van der Waals surface area contributed by atoms with Crippen LogP contribution in [0.25, 0.3) is 0 Å². The third kappa shape index (κ3) is 4.31. The van der Waals surface area contributed by atoms with Crippen LogP contribution in [0.3, 0.4) is 0 Å². The lowest BCUT2D eigenvalue weighted by molar-refractivity contribution is 0.0991. The molecule has 0 atom stereocenters. The average Bonchev–Trinajstić information content (AvgIpc) is 3.04. The molecule has 0 aliphatic heterocycles. The van der Waals surface area contributed by atoms with E-state index in [1.54, 1.807) is 43.8 Å². The lowest BCUT2D eigenvalue weighted by atomic mass is 10.1. The van der Waals surface area contributed by atoms with Gasteiger partial charge in [-0.05, 0) is 36.1 Å². The van der Waals surface area contributed by atoms with Gasteiger partial charge in [-0.25, -0.2) is 0 Å². The topological polar surface area (TPSA) is 47.6 Å². The standard InChI is InChI=1S/C16H19NO3S/c1-19-15-6-5-12(10-16(15)20-2)14(18)11-17-8-7-13-4-3-9-21-13/h3-6,9-10,17H,7-8,11H2,1-2H3. The molecule has 0 amide bonds. The highest BCUT2D eigenvalue weighted by molar-refractivity contribution is 7.09. The van der Waals surface area contributed by atoms with Crippen LogP contribution < -0.4 is 14.8 Å². The minimum Gasteiger partial charge on any atom is -0.493 e. The van der Waals surface area contributed by atoms with Gasteiger partial charge in [0.15, 0.2) is 17.3 Å². The molecule has 0 spiro atoms. The number of hydrogen-bond acceptors (Lipinski definition) is 5. The fourth-order valence-electron chi connectivity index (χ4n) is 1.98. The van der Waals surface area contributed by atoms with Crippen LogP contribution in [0.15, 0.2) is 35.7 Å². The second kappa shape index (κ2) is 7.81. The van der Waals surface area contributed by atoms with Crippen molar-refractivity contribution in [1.29, 1.82) is 0 Å². The molecule has 2 aromatic rings. The normalized spacial score (nSPS) is 10.4. The highest BCUT2D eigenvalue weighted by atomic mass is 32.1. The molecular formula is C16H19NO3S. The quantitative estimate of drug-likeness (QED) is 0.602. The van der Waals surface area contributed by atoms with Crippen molar-refractivity contribution in [2.45, 2.75) is 6.42 Å². The highest BCUT2D eigenvalue weighted by Gasteiger charge is 2.10. The maximum Gasteiger partial charge on any atom is 0.176 e. The minimum atomic E-state index is 0.0436. The number of ketones is 1. The van der Waals surface area contributed by atoms with Crippen molar-refractivity contribution in [3.05, 3.63) is 46.2 Å². The van der Waals surface area contributed by atoms with Crippen molar-refractivity contribution in [3.63, 3.8) is 0 Å². The van der Waals surface area contributed by atoms with Crippen molar-refractivity contribution >= 4 is 17.1 Å². The van der Waals surface area contributed by atoms with E-state index in [0.717, 1.165) is 13.0 Å². The predicted octanol–water partition coefficient (Wildman–Crippen LogP) is 2.78. The molecular weight excluding hydrogens is 286 g/mol. The van der Waals surface area contributed by atoms with Crippen molar-refractivity contribution in [3.8, 4) is 11.5 Å². The first-order valence-electron chi connectivity index (χ1n) is 6.73. The van der Waals surface area contributed by atoms with E-state index in [1.165, 1.54) is 4.88 Å². The first-order chi connectivity index (χ1) is 10.2. The summed E-state index contributed by atoms with van der Waals surface area (Å²) >= 11 is 1.73. The van der Waals surface area contributed by atoms with Crippen molar-refractivity contribution in [1.82, 2.24) is 5.32 Å². The van der Waals surface area contributed by atoms with Crippen LogP contribution in [0.1, 0.15) is 15.2 Å². The van der Waals surface area contributed by atoms with E-state index >= 15 is 0 Å². The van der Waals surface area contributed by atoms with Gasteiger partial charge in [0.05, 0.1) is 20.8 Å². The van der Waals surface area contributed by atoms with E-state index < -0.39 is 0 Å². The second-order valence-electron chi connectivity index (χ2n) is 4.50. The van der Waals surface area contributed by atoms with Crippen LogP contribution in [0.4, 0.5) is 0 Å². The molecule has 5 heteroatoms. The Morgan fingerprint density at radius 3 is 2.67 bits per heavy atom. The summed E-state index contributed by atoms with van der Waals surface area (Å²) in [4.78, 5) is 13.4. The Hall–Kier alpha value is -1.85. The highest BCUT2D eigenvalue weighted by Crippen LogP contribution is 2.27. The summed E-state index contributed by atoms with van der Waals surface area (Å²) in [7, 11) is 3.14. The van der Waals surface area contributed by atoms with Crippen LogP contribution in [-0.2, 0) is 6.42 Å². The smallest absolute Gasteiger partial charge is 0.176 e. The largest absolute Gasteiger partial charge is 0.493 e. The number of hydrogen-bond donors (Lipinski definition) is 1. The molecule has 1 N–H and O–H groups in total. The molecule has 0 bridgehead atoms. The average molecular weight is 305 g/mol.